The van der Waals surface area contributed by atoms with E-state index in [0.29, 0.717) is 29.1 Å². The molecule has 5 rings (SSSR count). The van der Waals surface area contributed by atoms with E-state index in [-0.39, 0.29) is 6.54 Å². The Balaban J connectivity index is 1.23. The number of aryl methyl sites for hydroxylation is 1. The number of piperidine rings is 1. The highest BCUT2D eigenvalue weighted by molar-refractivity contribution is 6.30. The number of anilines is 2. The lowest BCUT2D eigenvalue weighted by atomic mass is 9.92. The van der Waals surface area contributed by atoms with Crippen molar-refractivity contribution in [1.82, 2.24) is 25.8 Å². The summed E-state index contributed by atoms with van der Waals surface area (Å²) in [4.78, 5) is 38.1. The number of ether oxygens (including phenoxy) is 1. The number of benzene rings is 1. The average molecular weight is 637 g/mol. The summed E-state index contributed by atoms with van der Waals surface area (Å²) in [6.07, 6.45) is 5.02. The van der Waals surface area contributed by atoms with Crippen molar-refractivity contribution in [3.63, 3.8) is 0 Å². The number of hydrogen-bond donors (Lipinski definition) is 5. The van der Waals surface area contributed by atoms with Crippen LogP contribution in [0.5, 0.6) is 0 Å². The first kappa shape index (κ1) is 32.4. The van der Waals surface area contributed by atoms with Crippen LogP contribution in [0.1, 0.15) is 70.6 Å². The molecule has 0 spiro atoms. The number of urea groups is 1. The van der Waals surface area contributed by atoms with E-state index in [2.05, 4.69) is 50.5 Å². The van der Waals surface area contributed by atoms with Crippen molar-refractivity contribution in [1.29, 1.82) is 0 Å². The van der Waals surface area contributed by atoms with E-state index in [1.807, 2.05) is 0 Å². The molecule has 0 saturated carbocycles. The monoisotopic (exact) mass is 636 g/mol. The van der Waals surface area contributed by atoms with Crippen LogP contribution >= 0.6 is 11.6 Å². The fourth-order valence-corrected chi connectivity index (χ4v) is 6.12. The molecule has 1 aromatic carbocycles. The van der Waals surface area contributed by atoms with E-state index in [9.17, 15) is 9.59 Å². The summed E-state index contributed by atoms with van der Waals surface area (Å²) in [6, 6.07) is 9.76. The zero-order valence-corrected chi connectivity index (χ0v) is 27.4. The Morgan fingerprint density at radius 2 is 1.96 bits per heavy atom. The molecule has 242 valence electrons. The number of pyridine rings is 1. The van der Waals surface area contributed by atoms with Gasteiger partial charge in [0.2, 0.25) is 0 Å². The Labute approximate surface area is 270 Å². The first-order chi connectivity index (χ1) is 21.6. The van der Waals surface area contributed by atoms with Gasteiger partial charge in [0, 0.05) is 54.1 Å². The van der Waals surface area contributed by atoms with Gasteiger partial charge in [0.25, 0.3) is 0 Å². The van der Waals surface area contributed by atoms with Crippen molar-refractivity contribution in [2.75, 3.05) is 43.5 Å². The molecular formula is C33H45ClN8O3. The minimum atomic E-state index is -0.961. The van der Waals surface area contributed by atoms with Crippen molar-refractivity contribution >= 4 is 40.9 Å². The number of esters is 1. The van der Waals surface area contributed by atoms with Crippen molar-refractivity contribution in [3.05, 3.63) is 64.1 Å². The second-order valence-electron chi connectivity index (χ2n) is 12.6. The molecule has 0 unspecified atom stereocenters. The Morgan fingerprint density at radius 3 is 2.69 bits per heavy atom. The average Bonchev–Trinajstić information content (AvgIpc) is 3.01. The van der Waals surface area contributed by atoms with Crippen molar-refractivity contribution < 1.29 is 14.3 Å². The van der Waals surface area contributed by atoms with Gasteiger partial charge in [-0.15, -0.1) is 0 Å². The molecule has 1 saturated heterocycles. The molecule has 0 aliphatic carbocycles. The summed E-state index contributed by atoms with van der Waals surface area (Å²) in [5.41, 5.74) is 3.33. The third-order valence-corrected chi connectivity index (χ3v) is 8.34. The fourth-order valence-electron chi connectivity index (χ4n) is 5.93. The molecule has 4 heterocycles. The number of amidine groups is 1. The fraction of sp³-hybridized carbons (Fsp3) is 0.515. The van der Waals surface area contributed by atoms with Crippen LogP contribution < -0.4 is 26.6 Å². The summed E-state index contributed by atoms with van der Waals surface area (Å²) in [6.45, 7) is 10.8. The Bertz CT molecular complexity index is 1450. The van der Waals surface area contributed by atoms with Gasteiger partial charge in [0.15, 0.2) is 0 Å². The van der Waals surface area contributed by atoms with Crippen molar-refractivity contribution in [2.45, 2.75) is 77.4 Å². The zero-order chi connectivity index (χ0) is 32.0. The quantitative estimate of drug-likeness (QED) is 0.257. The van der Waals surface area contributed by atoms with Gasteiger partial charge >= 0.3 is 12.0 Å². The van der Waals surface area contributed by atoms with E-state index in [0.717, 1.165) is 69.0 Å². The van der Waals surface area contributed by atoms with Gasteiger partial charge in [-0.1, -0.05) is 30.7 Å². The molecule has 5 N–H and O–H groups in total. The Morgan fingerprint density at radius 1 is 1.16 bits per heavy atom. The van der Waals surface area contributed by atoms with Crippen LogP contribution in [0.4, 0.5) is 16.3 Å². The second-order valence-corrected chi connectivity index (χ2v) is 13.1. The van der Waals surface area contributed by atoms with Crippen LogP contribution in [0, 0.1) is 0 Å². The molecule has 3 aliphatic heterocycles. The maximum atomic E-state index is 13.2. The predicted molar refractivity (Wildman–Crippen MR) is 179 cm³/mol. The van der Waals surface area contributed by atoms with E-state index >= 15 is 0 Å². The van der Waals surface area contributed by atoms with Gasteiger partial charge in [-0.25, -0.2) is 19.6 Å². The van der Waals surface area contributed by atoms with Gasteiger partial charge in [0.05, 0.1) is 0 Å². The second kappa shape index (κ2) is 14.4. The molecule has 1 fully saturated rings. The first-order valence-electron chi connectivity index (χ1n) is 15.9. The summed E-state index contributed by atoms with van der Waals surface area (Å²) < 4.78 is 5.63. The van der Waals surface area contributed by atoms with Crippen LogP contribution in [-0.2, 0) is 16.0 Å². The summed E-state index contributed by atoms with van der Waals surface area (Å²) in [5.74, 6) is 2.71. The van der Waals surface area contributed by atoms with Gasteiger partial charge in [-0.2, -0.15) is 0 Å². The number of hydrogen-bond acceptors (Lipinski definition) is 9. The largest absolute Gasteiger partial charge is 0.458 e. The number of fused-ring (bicyclic) bond motifs is 1. The number of rotatable bonds is 8. The minimum Gasteiger partial charge on any atom is -0.458 e. The van der Waals surface area contributed by atoms with E-state index in [1.54, 1.807) is 45.0 Å². The summed E-state index contributed by atoms with van der Waals surface area (Å²) >= 11 is 6.06. The van der Waals surface area contributed by atoms with E-state index in [4.69, 9.17) is 26.3 Å². The van der Waals surface area contributed by atoms with Crippen LogP contribution in [0.15, 0.2) is 52.8 Å². The lowest BCUT2D eigenvalue weighted by Gasteiger charge is -2.38. The lowest BCUT2D eigenvalue weighted by molar-refractivity contribution is -0.156. The third-order valence-electron chi connectivity index (χ3n) is 8.11. The van der Waals surface area contributed by atoms with Gasteiger partial charge in [0.1, 0.15) is 35.8 Å². The highest BCUT2D eigenvalue weighted by Crippen LogP contribution is 2.32. The van der Waals surface area contributed by atoms with Crippen LogP contribution in [0.3, 0.4) is 0 Å². The molecule has 2 amide bonds. The molecule has 11 nitrogen and oxygen atoms in total. The lowest BCUT2D eigenvalue weighted by Crippen LogP contribution is -2.52. The number of aliphatic imine (C=N–C) groups is 1. The van der Waals surface area contributed by atoms with Crippen LogP contribution in [0.25, 0.3) is 0 Å². The first-order valence-corrected chi connectivity index (χ1v) is 16.3. The summed E-state index contributed by atoms with van der Waals surface area (Å²) in [5, 5.41) is 16.3. The smallest absolute Gasteiger partial charge is 0.331 e. The van der Waals surface area contributed by atoms with Crippen molar-refractivity contribution in [2.24, 2.45) is 4.99 Å². The van der Waals surface area contributed by atoms with Crippen molar-refractivity contribution in [3.8, 4) is 0 Å². The third kappa shape index (κ3) is 8.59. The molecule has 0 radical (unpaired) electrons. The SMILES string of the molecule is CCC1=C(N2CCC(c3ccc4c(n3)NCCC4)CC2)NCN=C1NC[C@H](NC(=O)Nc1cccc(Cl)c1)C(=O)OC(C)(C)C. The molecule has 1 atom stereocenters. The molecular weight excluding hydrogens is 592 g/mol. The standard InChI is InChI=1S/C33H45ClN8O3/c1-5-25-29(36-19-27(31(43)45-33(2,3)4)41-32(44)39-24-10-6-9-23(34)18-24)37-20-38-30(25)42-16-13-21(14-17-42)26-12-11-22-8-7-15-35-28(22)40-26/h6,9-12,18,21,27,38H,5,7-8,13-17,19-20H2,1-4H3,(H,35,40)(H,36,37)(H2,39,41,44)/t27-/m0/s1. The molecule has 45 heavy (non-hydrogen) atoms. The highest BCUT2D eigenvalue weighted by Gasteiger charge is 2.30. The number of likely N-dealkylation sites (tertiary alicyclic amines) is 1. The molecule has 12 heteroatoms. The maximum absolute atomic E-state index is 13.2. The summed E-state index contributed by atoms with van der Waals surface area (Å²) in [7, 11) is 0. The van der Waals surface area contributed by atoms with Gasteiger partial charge < -0.3 is 36.2 Å². The zero-order valence-electron chi connectivity index (χ0n) is 26.6. The predicted octanol–water partition coefficient (Wildman–Crippen LogP) is 4.97. The molecule has 3 aliphatic rings. The number of amides is 2. The number of halogens is 1. The highest BCUT2D eigenvalue weighted by atomic mass is 35.5. The number of aromatic nitrogens is 1. The van der Waals surface area contributed by atoms with E-state index < -0.39 is 23.6 Å². The number of nitrogens with zero attached hydrogens (tertiary/aromatic N) is 3. The van der Waals surface area contributed by atoms with Crippen LogP contribution in [-0.4, -0.2) is 72.2 Å². The molecule has 0 bridgehead atoms. The number of nitrogens with one attached hydrogen (secondary N) is 5. The number of carbonyl (C=O) groups is 2. The Kier molecular flexibility index (Phi) is 10.4. The Hall–Kier alpha value is -3.99. The molecule has 2 aromatic rings. The van der Waals surface area contributed by atoms with Gasteiger partial charge in [-0.3, -0.25) is 0 Å². The van der Waals surface area contributed by atoms with Gasteiger partial charge in [-0.05, 0) is 82.7 Å². The van der Waals surface area contributed by atoms with E-state index in [1.165, 1.54) is 11.3 Å². The topological polar surface area (TPSA) is 132 Å². The minimum absolute atomic E-state index is 0.105. The number of carbonyl (C=O) groups excluding carboxylic acids is 2. The maximum Gasteiger partial charge on any atom is 0.331 e. The molecule has 1 aromatic heterocycles. The van der Waals surface area contributed by atoms with Crippen LogP contribution in [0.2, 0.25) is 5.02 Å². The normalized spacial score (nSPS) is 17.7.